The predicted octanol–water partition coefficient (Wildman–Crippen LogP) is 2.51. The summed E-state index contributed by atoms with van der Waals surface area (Å²) >= 11 is 0. The average Bonchev–Trinajstić information content (AvgIpc) is 3.00. The number of anilines is 1. The zero-order valence-electron chi connectivity index (χ0n) is 13.9. The van der Waals surface area contributed by atoms with Gasteiger partial charge >= 0.3 is 5.97 Å². The second-order valence-corrected chi connectivity index (χ2v) is 6.71. The van der Waals surface area contributed by atoms with Gasteiger partial charge in [0.25, 0.3) is 10.0 Å². The van der Waals surface area contributed by atoms with E-state index in [4.69, 9.17) is 4.74 Å². The number of rotatable bonds is 7. The maximum absolute atomic E-state index is 12.6. The SMILES string of the molecule is CCOC(=O)c1c(S(=O)(=O)Nc2ccc(CC)cc2)n[nH]c1CC. The Kier molecular flexibility index (Phi) is 5.61. The maximum Gasteiger partial charge on any atom is 0.343 e. The lowest BCUT2D eigenvalue weighted by Gasteiger charge is -2.09. The highest BCUT2D eigenvalue weighted by molar-refractivity contribution is 7.92. The van der Waals surface area contributed by atoms with E-state index in [0.29, 0.717) is 17.8 Å². The van der Waals surface area contributed by atoms with E-state index in [2.05, 4.69) is 14.9 Å². The zero-order chi connectivity index (χ0) is 17.7. The molecule has 0 radical (unpaired) electrons. The van der Waals surface area contributed by atoms with Crippen LogP contribution >= 0.6 is 0 Å². The van der Waals surface area contributed by atoms with Crippen molar-refractivity contribution >= 4 is 21.7 Å². The summed E-state index contributed by atoms with van der Waals surface area (Å²) in [6.07, 6.45) is 1.29. The molecule has 1 aromatic heterocycles. The number of hydrogen-bond donors (Lipinski definition) is 2. The van der Waals surface area contributed by atoms with Crippen molar-refractivity contribution < 1.29 is 17.9 Å². The number of ether oxygens (including phenoxy) is 1. The van der Waals surface area contributed by atoms with Crippen molar-refractivity contribution in [1.29, 1.82) is 0 Å². The van der Waals surface area contributed by atoms with Gasteiger partial charge in [0.15, 0.2) is 0 Å². The van der Waals surface area contributed by atoms with Gasteiger partial charge in [-0.15, -0.1) is 0 Å². The summed E-state index contributed by atoms with van der Waals surface area (Å²) in [5, 5.41) is 6.07. The Balaban J connectivity index is 2.38. The number of H-pyrrole nitrogens is 1. The third kappa shape index (κ3) is 3.76. The monoisotopic (exact) mass is 351 g/mol. The minimum absolute atomic E-state index is 0.0444. The summed E-state index contributed by atoms with van der Waals surface area (Å²) < 4.78 is 32.6. The fraction of sp³-hybridized carbons (Fsp3) is 0.375. The van der Waals surface area contributed by atoms with Crippen LogP contribution in [0, 0.1) is 0 Å². The Morgan fingerprint density at radius 3 is 2.38 bits per heavy atom. The highest BCUT2D eigenvalue weighted by atomic mass is 32.2. The number of hydrogen-bond acceptors (Lipinski definition) is 5. The molecule has 1 heterocycles. The molecular weight excluding hydrogens is 330 g/mol. The second kappa shape index (κ2) is 7.48. The van der Waals surface area contributed by atoms with Crippen LogP contribution in [0.4, 0.5) is 5.69 Å². The summed E-state index contributed by atoms with van der Waals surface area (Å²) in [6, 6.07) is 7.03. The van der Waals surface area contributed by atoms with E-state index in [9.17, 15) is 13.2 Å². The van der Waals surface area contributed by atoms with E-state index in [-0.39, 0.29) is 17.2 Å². The van der Waals surface area contributed by atoms with Crippen molar-refractivity contribution in [3.63, 3.8) is 0 Å². The minimum Gasteiger partial charge on any atom is -0.462 e. The number of carbonyl (C=O) groups is 1. The summed E-state index contributed by atoms with van der Waals surface area (Å²) in [5.74, 6) is -0.704. The lowest BCUT2D eigenvalue weighted by Crippen LogP contribution is -2.18. The lowest BCUT2D eigenvalue weighted by molar-refractivity contribution is 0.0520. The first-order valence-electron chi connectivity index (χ1n) is 7.79. The maximum atomic E-state index is 12.6. The molecule has 1 aromatic carbocycles. The number of carbonyl (C=O) groups excluding carboxylic acids is 1. The molecule has 0 aliphatic carbocycles. The molecule has 8 heteroatoms. The topological polar surface area (TPSA) is 101 Å². The van der Waals surface area contributed by atoms with Crippen LogP contribution in [0.1, 0.15) is 42.4 Å². The molecule has 0 fully saturated rings. The van der Waals surface area contributed by atoms with Gasteiger partial charge in [0.05, 0.1) is 12.3 Å². The van der Waals surface area contributed by atoms with E-state index in [1.165, 1.54) is 0 Å². The number of aromatic nitrogens is 2. The molecule has 2 N–H and O–H groups in total. The molecule has 130 valence electrons. The van der Waals surface area contributed by atoms with Crippen LogP contribution < -0.4 is 4.72 Å². The van der Waals surface area contributed by atoms with Gasteiger partial charge in [0, 0.05) is 5.69 Å². The second-order valence-electron chi connectivity index (χ2n) is 5.11. The third-order valence-corrected chi connectivity index (χ3v) is 4.82. The number of nitrogens with zero attached hydrogens (tertiary/aromatic N) is 1. The Labute approximate surface area is 141 Å². The smallest absolute Gasteiger partial charge is 0.343 e. The van der Waals surface area contributed by atoms with Crippen molar-refractivity contribution in [3.8, 4) is 0 Å². The van der Waals surface area contributed by atoms with E-state index in [1.807, 2.05) is 19.1 Å². The fourth-order valence-corrected chi connectivity index (χ4v) is 3.42. The van der Waals surface area contributed by atoms with E-state index in [1.54, 1.807) is 26.0 Å². The van der Waals surface area contributed by atoms with Gasteiger partial charge in [-0.1, -0.05) is 26.0 Å². The highest BCUT2D eigenvalue weighted by Gasteiger charge is 2.30. The molecule has 0 amide bonds. The third-order valence-electron chi connectivity index (χ3n) is 3.51. The molecule has 0 atom stereocenters. The number of nitrogens with one attached hydrogen (secondary N) is 2. The Morgan fingerprint density at radius 2 is 1.83 bits per heavy atom. The number of aromatic amines is 1. The fourth-order valence-electron chi connectivity index (χ4n) is 2.24. The van der Waals surface area contributed by atoms with Gasteiger partial charge < -0.3 is 4.74 Å². The molecule has 2 rings (SSSR count). The summed E-state index contributed by atoms with van der Waals surface area (Å²) in [7, 11) is -4.01. The van der Waals surface area contributed by atoms with Gasteiger partial charge in [0.1, 0.15) is 5.56 Å². The van der Waals surface area contributed by atoms with Gasteiger partial charge in [0.2, 0.25) is 5.03 Å². The molecule has 0 saturated carbocycles. The predicted molar refractivity (Wildman–Crippen MR) is 90.6 cm³/mol. The molecular formula is C16H21N3O4S. The van der Waals surface area contributed by atoms with Crippen LogP contribution in [-0.2, 0) is 27.6 Å². The number of esters is 1. The number of benzene rings is 1. The number of aryl methyl sites for hydroxylation is 2. The summed E-state index contributed by atoms with van der Waals surface area (Å²) in [5.41, 5.74) is 1.88. The average molecular weight is 351 g/mol. The molecule has 0 aliphatic heterocycles. The first kappa shape index (κ1) is 18.0. The standard InChI is InChI=1S/C16H21N3O4S/c1-4-11-7-9-12(10-8-11)19-24(21,22)15-14(16(20)23-6-3)13(5-2)17-18-15/h7-10,19H,4-6H2,1-3H3,(H,17,18). The van der Waals surface area contributed by atoms with Crippen LogP contribution in [0.15, 0.2) is 29.3 Å². The van der Waals surface area contributed by atoms with Crippen LogP contribution in [0.2, 0.25) is 0 Å². The lowest BCUT2D eigenvalue weighted by atomic mass is 10.2. The van der Waals surface area contributed by atoms with Crippen molar-refractivity contribution in [2.75, 3.05) is 11.3 Å². The van der Waals surface area contributed by atoms with Crippen molar-refractivity contribution in [3.05, 3.63) is 41.1 Å². The van der Waals surface area contributed by atoms with Gasteiger partial charge in [-0.2, -0.15) is 13.5 Å². The molecule has 7 nitrogen and oxygen atoms in total. The summed E-state index contributed by atoms with van der Waals surface area (Å²) in [4.78, 5) is 12.1. The molecule has 24 heavy (non-hydrogen) atoms. The first-order valence-corrected chi connectivity index (χ1v) is 9.27. The molecule has 0 aliphatic rings. The van der Waals surface area contributed by atoms with E-state index < -0.39 is 16.0 Å². The molecule has 0 saturated heterocycles. The van der Waals surface area contributed by atoms with E-state index in [0.717, 1.165) is 12.0 Å². The summed E-state index contributed by atoms with van der Waals surface area (Å²) in [6.45, 7) is 5.62. The minimum atomic E-state index is -4.01. The van der Waals surface area contributed by atoms with Crippen LogP contribution in [-0.4, -0.2) is 31.2 Å². The molecule has 2 aromatic rings. The molecule has 0 bridgehead atoms. The van der Waals surface area contributed by atoms with Crippen molar-refractivity contribution in [1.82, 2.24) is 10.2 Å². The molecule has 0 unspecified atom stereocenters. The Morgan fingerprint density at radius 1 is 1.17 bits per heavy atom. The van der Waals surface area contributed by atoms with E-state index >= 15 is 0 Å². The number of sulfonamides is 1. The van der Waals surface area contributed by atoms with Crippen LogP contribution in [0.25, 0.3) is 0 Å². The largest absolute Gasteiger partial charge is 0.462 e. The quantitative estimate of drug-likeness (QED) is 0.746. The van der Waals surface area contributed by atoms with Gasteiger partial charge in [-0.05, 0) is 37.5 Å². The van der Waals surface area contributed by atoms with Crippen molar-refractivity contribution in [2.45, 2.75) is 38.6 Å². The Hall–Kier alpha value is -2.35. The highest BCUT2D eigenvalue weighted by Crippen LogP contribution is 2.22. The van der Waals surface area contributed by atoms with Crippen LogP contribution in [0.5, 0.6) is 0 Å². The van der Waals surface area contributed by atoms with Crippen LogP contribution in [0.3, 0.4) is 0 Å². The zero-order valence-corrected chi connectivity index (χ0v) is 14.7. The Bertz CT molecular complexity index is 810. The van der Waals surface area contributed by atoms with Gasteiger partial charge in [-0.25, -0.2) is 4.79 Å². The van der Waals surface area contributed by atoms with Gasteiger partial charge in [-0.3, -0.25) is 9.82 Å². The first-order chi connectivity index (χ1) is 11.4. The molecule has 0 spiro atoms. The van der Waals surface area contributed by atoms with Crippen molar-refractivity contribution in [2.24, 2.45) is 0 Å². The normalized spacial score (nSPS) is 11.3.